The van der Waals surface area contributed by atoms with E-state index in [9.17, 15) is 28.1 Å². The van der Waals surface area contributed by atoms with Crippen molar-refractivity contribution in [3.05, 3.63) is 34.4 Å². The Morgan fingerprint density at radius 2 is 1.76 bits per heavy atom. The molecule has 0 heterocycles. The predicted molar refractivity (Wildman–Crippen MR) is 52.3 cm³/mol. The molecule has 5 nitrogen and oxygen atoms in total. The highest BCUT2D eigenvalue weighted by Crippen LogP contribution is 2.29. The van der Waals surface area contributed by atoms with Crippen molar-refractivity contribution in [3.8, 4) is 0 Å². The van der Waals surface area contributed by atoms with Crippen molar-refractivity contribution < 1.29 is 22.9 Å². The summed E-state index contributed by atoms with van der Waals surface area (Å²) in [6.45, 7) is 0.759. The number of alkyl halides is 3. The van der Waals surface area contributed by atoms with Gasteiger partial charge in [0.1, 0.15) is 0 Å². The van der Waals surface area contributed by atoms with E-state index in [1.54, 1.807) is 0 Å². The van der Waals surface area contributed by atoms with E-state index in [-0.39, 0.29) is 5.69 Å². The maximum absolute atomic E-state index is 12.5. The lowest BCUT2D eigenvalue weighted by molar-refractivity contribution is -0.384. The minimum absolute atomic E-state index is 0.348. The third-order valence-electron chi connectivity index (χ3n) is 1.89. The van der Waals surface area contributed by atoms with Crippen LogP contribution in [0.4, 0.5) is 24.5 Å². The standard InChI is InChI=1S/C9H7F3N2O3/c1-6(15)13(9(10,11)12)7-2-4-8(5-3-7)14(16)17/h2-5H,1H3. The fourth-order valence-corrected chi connectivity index (χ4v) is 1.23. The Balaban J connectivity index is 3.13. The lowest BCUT2D eigenvalue weighted by Crippen LogP contribution is -2.41. The monoisotopic (exact) mass is 248 g/mol. The molecular weight excluding hydrogens is 241 g/mol. The smallest absolute Gasteiger partial charge is 0.275 e. The molecule has 0 bridgehead atoms. The molecule has 1 rings (SSSR count). The molecule has 0 spiro atoms. The molecule has 1 amide bonds. The third-order valence-corrected chi connectivity index (χ3v) is 1.89. The Morgan fingerprint density at radius 1 is 1.29 bits per heavy atom. The molecular formula is C9H7F3N2O3. The number of nitro benzene ring substituents is 1. The van der Waals surface area contributed by atoms with E-state index < -0.39 is 27.7 Å². The van der Waals surface area contributed by atoms with E-state index in [1.165, 1.54) is 0 Å². The van der Waals surface area contributed by atoms with Crippen LogP contribution in [-0.2, 0) is 4.79 Å². The van der Waals surface area contributed by atoms with Gasteiger partial charge in [-0.1, -0.05) is 0 Å². The summed E-state index contributed by atoms with van der Waals surface area (Å²) in [5, 5.41) is 10.3. The molecule has 0 aliphatic carbocycles. The molecule has 8 heteroatoms. The number of carbonyl (C=O) groups is 1. The van der Waals surface area contributed by atoms with Crippen molar-refractivity contribution in [1.82, 2.24) is 0 Å². The predicted octanol–water partition coefficient (Wildman–Crippen LogP) is 2.47. The van der Waals surface area contributed by atoms with Crippen LogP contribution in [0.3, 0.4) is 0 Å². The van der Waals surface area contributed by atoms with Crippen LogP contribution in [0.2, 0.25) is 0 Å². The van der Waals surface area contributed by atoms with Crippen LogP contribution in [0.1, 0.15) is 6.92 Å². The first-order chi connectivity index (χ1) is 7.73. The first-order valence-corrected chi connectivity index (χ1v) is 4.35. The molecule has 1 aromatic rings. The number of hydrogen-bond acceptors (Lipinski definition) is 3. The topological polar surface area (TPSA) is 63.5 Å². The largest absolute Gasteiger partial charge is 0.491 e. The van der Waals surface area contributed by atoms with Crippen LogP contribution in [0, 0.1) is 10.1 Å². The number of non-ortho nitro benzene ring substituents is 1. The number of nitro groups is 1. The molecule has 0 N–H and O–H groups in total. The van der Waals surface area contributed by atoms with Crippen molar-refractivity contribution in [1.29, 1.82) is 0 Å². The van der Waals surface area contributed by atoms with Crippen molar-refractivity contribution in [2.24, 2.45) is 0 Å². The molecule has 17 heavy (non-hydrogen) atoms. The van der Waals surface area contributed by atoms with Gasteiger partial charge in [-0.05, 0) is 12.1 Å². The summed E-state index contributed by atoms with van der Waals surface area (Å²) < 4.78 is 37.5. The second-order valence-corrected chi connectivity index (χ2v) is 3.10. The Hall–Kier alpha value is -2.12. The normalized spacial score (nSPS) is 11.1. The number of benzene rings is 1. The molecule has 0 fully saturated rings. The summed E-state index contributed by atoms with van der Waals surface area (Å²) in [4.78, 5) is 20.1. The molecule has 0 unspecified atom stereocenters. The van der Waals surface area contributed by atoms with E-state index in [4.69, 9.17) is 0 Å². The van der Waals surface area contributed by atoms with Crippen molar-refractivity contribution in [3.63, 3.8) is 0 Å². The van der Waals surface area contributed by atoms with E-state index in [0.717, 1.165) is 31.2 Å². The van der Waals surface area contributed by atoms with Gasteiger partial charge in [-0.15, -0.1) is 13.2 Å². The number of nitrogens with zero attached hydrogens (tertiary/aromatic N) is 2. The van der Waals surface area contributed by atoms with Crippen molar-refractivity contribution in [2.75, 3.05) is 4.90 Å². The summed E-state index contributed by atoms with van der Waals surface area (Å²) in [7, 11) is 0. The van der Waals surface area contributed by atoms with Crippen molar-refractivity contribution in [2.45, 2.75) is 13.2 Å². The lowest BCUT2D eigenvalue weighted by atomic mass is 10.2. The molecule has 1 aromatic carbocycles. The van der Waals surface area contributed by atoms with Gasteiger partial charge < -0.3 is 0 Å². The molecule has 0 radical (unpaired) electrons. The average Bonchev–Trinajstić information content (AvgIpc) is 2.15. The van der Waals surface area contributed by atoms with Gasteiger partial charge in [0, 0.05) is 19.1 Å². The van der Waals surface area contributed by atoms with E-state index in [1.807, 2.05) is 0 Å². The molecule has 0 aliphatic rings. The second-order valence-electron chi connectivity index (χ2n) is 3.10. The van der Waals surface area contributed by atoms with E-state index in [0.29, 0.717) is 0 Å². The van der Waals surface area contributed by atoms with Gasteiger partial charge in [0.2, 0.25) is 5.91 Å². The molecule has 0 aromatic heterocycles. The number of hydrogen-bond donors (Lipinski definition) is 0. The Kier molecular flexibility index (Phi) is 3.35. The SMILES string of the molecule is CC(=O)N(c1ccc([N+](=O)[O-])cc1)C(F)(F)F. The molecule has 0 saturated carbocycles. The zero-order valence-corrected chi connectivity index (χ0v) is 8.56. The highest BCUT2D eigenvalue weighted by atomic mass is 19.4. The van der Waals surface area contributed by atoms with Gasteiger partial charge in [0.25, 0.3) is 5.69 Å². The number of amides is 1. The molecule has 0 saturated heterocycles. The molecule has 92 valence electrons. The zero-order chi connectivity index (χ0) is 13.2. The van der Waals surface area contributed by atoms with Crippen LogP contribution in [0.15, 0.2) is 24.3 Å². The van der Waals surface area contributed by atoms with Gasteiger partial charge in [0.05, 0.1) is 10.6 Å². The highest BCUT2D eigenvalue weighted by molar-refractivity contribution is 5.92. The maximum atomic E-state index is 12.5. The summed E-state index contributed by atoms with van der Waals surface area (Å²) in [6, 6.07) is 3.54. The van der Waals surface area contributed by atoms with Gasteiger partial charge in [-0.3, -0.25) is 14.9 Å². The Bertz CT molecular complexity index is 442. The fraction of sp³-hybridized carbons (Fsp3) is 0.222. The number of rotatable bonds is 2. The summed E-state index contributed by atoms with van der Waals surface area (Å²) in [5.41, 5.74) is -0.810. The average molecular weight is 248 g/mol. The number of anilines is 1. The van der Waals surface area contributed by atoms with Crippen molar-refractivity contribution >= 4 is 17.3 Å². The molecule has 0 aliphatic heterocycles. The quantitative estimate of drug-likeness (QED) is 0.458. The van der Waals surface area contributed by atoms with Crippen LogP contribution >= 0.6 is 0 Å². The van der Waals surface area contributed by atoms with Gasteiger partial charge in [-0.25, -0.2) is 4.90 Å². The minimum Gasteiger partial charge on any atom is -0.275 e. The third kappa shape index (κ3) is 2.92. The lowest BCUT2D eigenvalue weighted by Gasteiger charge is -2.23. The Labute approximate surface area is 93.6 Å². The summed E-state index contributed by atoms with van der Waals surface area (Å²) in [5.74, 6) is -1.22. The number of halogens is 3. The minimum atomic E-state index is -4.86. The Morgan fingerprint density at radius 3 is 2.06 bits per heavy atom. The molecule has 0 atom stereocenters. The zero-order valence-electron chi connectivity index (χ0n) is 8.56. The van der Waals surface area contributed by atoms with Gasteiger partial charge in [0.15, 0.2) is 0 Å². The second kappa shape index (κ2) is 4.40. The number of carbonyl (C=O) groups excluding carboxylic acids is 1. The maximum Gasteiger partial charge on any atom is 0.491 e. The fourth-order valence-electron chi connectivity index (χ4n) is 1.23. The first-order valence-electron chi connectivity index (χ1n) is 4.35. The first kappa shape index (κ1) is 12.9. The summed E-state index contributed by atoms with van der Waals surface area (Å²) in [6.07, 6.45) is -4.86. The van der Waals surface area contributed by atoms with Crippen LogP contribution in [0.5, 0.6) is 0 Å². The summed E-state index contributed by atoms with van der Waals surface area (Å²) >= 11 is 0. The highest BCUT2D eigenvalue weighted by Gasteiger charge is 2.40. The van der Waals surface area contributed by atoms with Crippen LogP contribution in [0.25, 0.3) is 0 Å². The van der Waals surface area contributed by atoms with Gasteiger partial charge in [-0.2, -0.15) is 0 Å². The van der Waals surface area contributed by atoms with Crippen LogP contribution < -0.4 is 4.90 Å². The van der Waals surface area contributed by atoms with Gasteiger partial charge >= 0.3 is 6.30 Å². The van der Waals surface area contributed by atoms with E-state index in [2.05, 4.69) is 0 Å². The van der Waals surface area contributed by atoms with E-state index >= 15 is 0 Å². The van der Waals surface area contributed by atoms with Crippen LogP contribution in [-0.4, -0.2) is 17.1 Å².